The highest BCUT2D eigenvalue weighted by Gasteiger charge is 2.29. The third kappa shape index (κ3) is 10.3. The first-order valence-corrected chi connectivity index (χ1v) is 13.3. The number of amides is 2. The lowest BCUT2D eigenvalue weighted by Crippen LogP contribution is -2.51. The molecule has 0 saturated carbocycles. The van der Waals surface area contributed by atoms with Crippen LogP contribution in [0.1, 0.15) is 65.0 Å². The fourth-order valence-corrected chi connectivity index (χ4v) is 4.30. The van der Waals surface area contributed by atoms with E-state index in [4.69, 9.17) is 9.84 Å². The van der Waals surface area contributed by atoms with Crippen molar-refractivity contribution >= 4 is 11.8 Å². The van der Waals surface area contributed by atoms with Crippen LogP contribution in [0.25, 0.3) is 0 Å². The number of hydrogen-bond donors (Lipinski definition) is 4. The van der Waals surface area contributed by atoms with Gasteiger partial charge in [0.15, 0.2) is 0 Å². The van der Waals surface area contributed by atoms with E-state index in [0.717, 1.165) is 25.0 Å². The van der Waals surface area contributed by atoms with Gasteiger partial charge in [0.1, 0.15) is 23.8 Å². The Morgan fingerprint density at radius 1 is 0.974 bits per heavy atom. The van der Waals surface area contributed by atoms with E-state index in [1.54, 1.807) is 24.0 Å². The zero-order valence-corrected chi connectivity index (χ0v) is 22.8. The molecule has 3 atom stereocenters. The van der Waals surface area contributed by atoms with Crippen molar-refractivity contribution < 1.29 is 38.4 Å². The first kappa shape index (κ1) is 32.3. The van der Waals surface area contributed by atoms with Crippen LogP contribution in [0.4, 0.5) is 8.78 Å². The molecule has 216 valence electrons. The summed E-state index contributed by atoms with van der Waals surface area (Å²) in [4.78, 5) is 28.2. The van der Waals surface area contributed by atoms with Crippen LogP contribution in [0.2, 0.25) is 0 Å². The Labute approximate surface area is 228 Å². The summed E-state index contributed by atoms with van der Waals surface area (Å²) in [6, 6.07) is 6.50. The molecule has 0 aliphatic carbocycles. The normalized spacial score (nSPS) is 13.5. The molecule has 0 bridgehead atoms. The van der Waals surface area contributed by atoms with E-state index in [1.807, 2.05) is 13.8 Å². The maximum absolute atomic E-state index is 13.8. The minimum atomic E-state index is -1.55. The third-order valence-corrected chi connectivity index (χ3v) is 6.10. The molecule has 2 aromatic rings. The van der Waals surface area contributed by atoms with Gasteiger partial charge in [0, 0.05) is 43.5 Å². The Hall–Kier alpha value is -2.92. The minimum Gasteiger partial charge on any atom is -0.396 e. The van der Waals surface area contributed by atoms with Gasteiger partial charge in [-0.3, -0.25) is 9.59 Å². The van der Waals surface area contributed by atoms with Gasteiger partial charge in [0.05, 0.1) is 12.6 Å². The molecule has 0 aliphatic heterocycles. The summed E-state index contributed by atoms with van der Waals surface area (Å²) in [6.07, 6.45) is -1.25. The van der Waals surface area contributed by atoms with E-state index in [2.05, 4.69) is 5.32 Å². The SMILES string of the molecule is CCCN(CCC)C(=O)c1cc(C)cc(C(=O)N[C@@H](Cc2cc(F)cc(F)c2)[C@@H](O)C(O)COCCCO)c1. The predicted octanol–water partition coefficient (Wildman–Crippen LogP) is 3.00. The van der Waals surface area contributed by atoms with Crippen molar-refractivity contribution in [1.82, 2.24) is 10.2 Å². The lowest BCUT2D eigenvalue weighted by atomic mass is 9.96. The van der Waals surface area contributed by atoms with E-state index in [0.29, 0.717) is 36.7 Å². The standard InChI is InChI=1S/C29H40F2N2O6/c1-4-7-33(8-5-2)29(38)22-12-19(3)11-21(16-22)28(37)32-25(15-20-13-23(30)17-24(31)14-20)27(36)26(35)18-39-10-6-9-34/h11-14,16-17,25-27,34-36H,4-10,15,18H2,1-3H3,(H,32,37)/t25-,26?,27+/m0/s1. The number of carbonyl (C=O) groups is 2. The van der Waals surface area contributed by atoms with E-state index in [-0.39, 0.29) is 43.3 Å². The fraction of sp³-hybridized carbons (Fsp3) is 0.517. The monoisotopic (exact) mass is 550 g/mol. The van der Waals surface area contributed by atoms with Crippen LogP contribution < -0.4 is 5.32 Å². The maximum atomic E-state index is 13.8. The molecule has 1 unspecified atom stereocenters. The lowest BCUT2D eigenvalue weighted by Gasteiger charge is -2.28. The summed E-state index contributed by atoms with van der Waals surface area (Å²) in [5.41, 5.74) is 1.37. The van der Waals surface area contributed by atoms with Gasteiger partial charge in [-0.05, 0) is 74.1 Å². The molecular formula is C29H40F2N2O6. The number of ether oxygens (including phenoxy) is 1. The Kier molecular flexibility index (Phi) is 13.5. The smallest absolute Gasteiger partial charge is 0.253 e. The second kappa shape index (κ2) is 16.2. The largest absolute Gasteiger partial charge is 0.396 e. The summed E-state index contributed by atoms with van der Waals surface area (Å²) < 4.78 is 32.9. The van der Waals surface area contributed by atoms with Crippen molar-refractivity contribution in [2.75, 3.05) is 32.9 Å². The van der Waals surface area contributed by atoms with Crippen molar-refractivity contribution in [1.29, 1.82) is 0 Å². The van der Waals surface area contributed by atoms with Gasteiger partial charge in [-0.1, -0.05) is 13.8 Å². The molecular weight excluding hydrogens is 510 g/mol. The summed E-state index contributed by atoms with van der Waals surface area (Å²) in [5, 5.41) is 32.9. The number of aliphatic hydroxyl groups excluding tert-OH is 3. The zero-order valence-electron chi connectivity index (χ0n) is 22.8. The topological polar surface area (TPSA) is 119 Å². The van der Waals surface area contributed by atoms with Crippen LogP contribution in [0, 0.1) is 18.6 Å². The molecule has 8 nitrogen and oxygen atoms in total. The van der Waals surface area contributed by atoms with Crippen LogP contribution in [0.15, 0.2) is 36.4 Å². The Bertz CT molecular complexity index is 1060. The molecule has 0 saturated heterocycles. The molecule has 2 rings (SSSR count). The maximum Gasteiger partial charge on any atom is 0.253 e. The summed E-state index contributed by atoms with van der Waals surface area (Å²) in [5.74, 6) is -2.45. The quantitative estimate of drug-likeness (QED) is 0.239. The highest BCUT2D eigenvalue weighted by molar-refractivity contribution is 6.00. The highest BCUT2D eigenvalue weighted by Crippen LogP contribution is 2.17. The second-order valence-corrected chi connectivity index (χ2v) is 9.65. The molecule has 0 spiro atoms. The third-order valence-electron chi connectivity index (χ3n) is 6.10. The van der Waals surface area contributed by atoms with E-state index in [1.165, 1.54) is 6.07 Å². The second-order valence-electron chi connectivity index (χ2n) is 9.65. The average molecular weight is 551 g/mol. The number of nitrogens with one attached hydrogen (secondary N) is 1. The van der Waals surface area contributed by atoms with Gasteiger partial charge in [-0.25, -0.2) is 8.78 Å². The Morgan fingerprint density at radius 2 is 1.59 bits per heavy atom. The van der Waals surface area contributed by atoms with Crippen molar-refractivity contribution in [3.8, 4) is 0 Å². The summed E-state index contributed by atoms with van der Waals surface area (Å²) in [7, 11) is 0. The number of benzene rings is 2. The van der Waals surface area contributed by atoms with Gasteiger partial charge in [0.2, 0.25) is 0 Å². The lowest BCUT2D eigenvalue weighted by molar-refractivity contribution is -0.0520. The summed E-state index contributed by atoms with van der Waals surface area (Å²) >= 11 is 0. The predicted molar refractivity (Wildman–Crippen MR) is 144 cm³/mol. The van der Waals surface area contributed by atoms with Gasteiger partial charge < -0.3 is 30.3 Å². The van der Waals surface area contributed by atoms with Gasteiger partial charge in [-0.15, -0.1) is 0 Å². The molecule has 2 aromatic carbocycles. The fourth-order valence-electron chi connectivity index (χ4n) is 4.30. The zero-order chi connectivity index (χ0) is 28.9. The molecule has 0 fully saturated rings. The average Bonchev–Trinajstić information content (AvgIpc) is 2.88. The van der Waals surface area contributed by atoms with Crippen molar-refractivity contribution in [2.24, 2.45) is 0 Å². The van der Waals surface area contributed by atoms with Crippen LogP contribution in [-0.2, 0) is 11.2 Å². The van der Waals surface area contributed by atoms with Crippen LogP contribution in [-0.4, -0.2) is 83.2 Å². The first-order chi connectivity index (χ1) is 18.6. The molecule has 0 radical (unpaired) electrons. The summed E-state index contributed by atoms with van der Waals surface area (Å²) in [6.45, 7) is 6.65. The van der Waals surface area contributed by atoms with Crippen molar-refractivity contribution in [2.45, 2.75) is 64.7 Å². The van der Waals surface area contributed by atoms with Crippen LogP contribution >= 0.6 is 0 Å². The highest BCUT2D eigenvalue weighted by atomic mass is 19.1. The number of aryl methyl sites for hydroxylation is 1. The van der Waals surface area contributed by atoms with Crippen LogP contribution in [0.3, 0.4) is 0 Å². The minimum absolute atomic E-state index is 0.0991. The van der Waals surface area contributed by atoms with E-state index >= 15 is 0 Å². The molecule has 2 amide bonds. The Morgan fingerprint density at radius 3 is 2.18 bits per heavy atom. The van der Waals surface area contributed by atoms with Gasteiger partial charge in [0.25, 0.3) is 11.8 Å². The number of carbonyl (C=O) groups excluding carboxylic acids is 2. The molecule has 0 aromatic heterocycles. The van der Waals surface area contributed by atoms with E-state index < -0.39 is 35.8 Å². The molecule has 0 aliphatic rings. The molecule has 39 heavy (non-hydrogen) atoms. The molecule has 4 N–H and O–H groups in total. The molecule has 10 heteroatoms. The van der Waals surface area contributed by atoms with Gasteiger partial charge in [-0.2, -0.15) is 0 Å². The van der Waals surface area contributed by atoms with Crippen LogP contribution in [0.5, 0.6) is 0 Å². The van der Waals surface area contributed by atoms with E-state index in [9.17, 15) is 28.6 Å². The molecule has 0 heterocycles. The number of rotatable bonds is 16. The number of aliphatic hydroxyl groups is 3. The first-order valence-electron chi connectivity index (χ1n) is 13.3. The van der Waals surface area contributed by atoms with Gasteiger partial charge >= 0.3 is 0 Å². The Balaban J connectivity index is 2.31. The number of halogens is 2. The number of nitrogens with zero attached hydrogens (tertiary/aromatic N) is 1. The number of hydrogen-bond acceptors (Lipinski definition) is 6. The van der Waals surface area contributed by atoms with Crippen molar-refractivity contribution in [3.63, 3.8) is 0 Å². The van der Waals surface area contributed by atoms with Crippen molar-refractivity contribution in [3.05, 3.63) is 70.3 Å².